The number of rotatable bonds is 1. The molecule has 6 rings (SSSR count). The summed E-state index contributed by atoms with van der Waals surface area (Å²) in [6, 6.07) is 15.3. The Morgan fingerprint density at radius 1 is 1.03 bits per heavy atom. The van der Waals surface area contributed by atoms with Crippen molar-refractivity contribution in [1.29, 1.82) is 0 Å². The number of methoxy groups -OCH3 is 1. The van der Waals surface area contributed by atoms with Crippen molar-refractivity contribution in [3.8, 4) is 0 Å². The average molecular weight is 430 g/mol. The molecule has 0 saturated carbocycles. The second-order valence-corrected chi connectivity index (χ2v) is 9.13. The molecule has 2 atom stereocenters. The Hall–Kier alpha value is -3.32. The second-order valence-electron chi connectivity index (χ2n) is 7.98. The molecule has 0 aromatic heterocycles. The van der Waals surface area contributed by atoms with Crippen LogP contribution < -0.4 is 10.6 Å². The van der Waals surface area contributed by atoms with E-state index < -0.39 is 16.6 Å². The van der Waals surface area contributed by atoms with E-state index in [4.69, 9.17) is 4.74 Å². The van der Waals surface area contributed by atoms with E-state index in [0.29, 0.717) is 34.5 Å². The van der Waals surface area contributed by atoms with Gasteiger partial charge in [-0.1, -0.05) is 30.3 Å². The molecule has 4 aliphatic rings. The van der Waals surface area contributed by atoms with Crippen LogP contribution in [0.2, 0.25) is 0 Å². The number of esters is 1. The number of carbonyl (C=O) groups excluding carboxylic acids is 3. The fourth-order valence-corrected chi connectivity index (χ4v) is 6.83. The molecule has 0 bridgehead atoms. The molecule has 2 heterocycles. The van der Waals surface area contributed by atoms with E-state index in [1.54, 1.807) is 0 Å². The molecule has 1 amide bonds. The number of hydrogen-bond donors (Lipinski definition) is 2. The van der Waals surface area contributed by atoms with Gasteiger partial charge in [-0.05, 0) is 35.8 Å². The summed E-state index contributed by atoms with van der Waals surface area (Å²) >= 11 is 1.51. The highest BCUT2D eigenvalue weighted by atomic mass is 32.2. The Morgan fingerprint density at radius 2 is 1.77 bits per heavy atom. The first kappa shape index (κ1) is 18.4. The molecular formula is C24H18N2O4S. The zero-order chi connectivity index (χ0) is 21.3. The molecular weight excluding hydrogens is 412 g/mol. The maximum Gasteiger partial charge on any atom is 0.339 e. The largest absolute Gasteiger partial charge is 0.465 e. The van der Waals surface area contributed by atoms with E-state index in [9.17, 15) is 14.4 Å². The van der Waals surface area contributed by atoms with Crippen molar-refractivity contribution in [3.05, 3.63) is 76.5 Å². The van der Waals surface area contributed by atoms with Gasteiger partial charge in [-0.2, -0.15) is 0 Å². The van der Waals surface area contributed by atoms with E-state index in [0.717, 1.165) is 16.1 Å². The van der Waals surface area contributed by atoms with E-state index in [1.807, 2.05) is 48.5 Å². The number of nitrogens with one attached hydrogen (secondary N) is 2. The topological polar surface area (TPSA) is 84.5 Å². The molecule has 7 heteroatoms. The Morgan fingerprint density at radius 3 is 2.58 bits per heavy atom. The van der Waals surface area contributed by atoms with Crippen LogP contribution in [0.4, 0.5) is 11.4 Å². The zero-order valence-corrected chi connectivity index (χ0v) is 17.5. The molecule has 31 heavy (non-hydrogen) atoms. The number of amides is 1. The highest BCUT2D eigenvalue weighted by molar-refractivity contribution is 8.00. The first-order chi connectivity index (χ1) is 15.1. The molecule has 2 aromatic carbocycles. The van der Waals surface area contributed by atoms with Crippen LogP contribution in [-0.4, -0.2) is 30.0 Å². The summed E-state index contributed by atoms with van der Waals surface area (Å²) in [4.78, 5) is 40.9. The summed E-state index contributed by atoms with van der Waals surface area (Å²) in [6.07, 6.45) is 0.694. The lowest BCUT2D eigenvalue weighted by Crippen LogP contribution is -2.52. The van der Waals surface area contributed by atoms with Crippen LogP contribution in [0.1, 0.15) is 18.4 Å². The summed E-state index contributed by atoms with van der Waals surface area (Å²) in [5, 5.41) is 5.93. The van der Waals surface area contributed by atoms with Gasteiger partial charge >= 0.3 is 5.97 Å². The monoisotopic (exact) mass is 430 g/mol. The van der Waals surface area contributed by atoms with Gasteiger partial charge in [-0.15, -0.1) is 11.8 Å². The minimum Gasteiger partial charge on any atom is -0.465 e. The summed E-state index contributed by atoms with van der Waals surface area (Å²) in [5.74, 6) is -0.797. The van der Waals surface area contributed by atoms with Crippen LogP contribution in [0.3, 0.4) is 0 Å². The van der Waals surface area contributed by atoms with Gasteiger partial charge in [0.05, 0.1) is 23.6 Å². The van der Waals surface area contributed by atoms with Gasteiger partial charge in [0.25, 0.3) is 0 Å². The van der Waals surface area contributed by atoms with Gasteiger partial charge in [0, 0.05) is 28.3 Å². The van der Waals surface area contributed by atoms with Gasteiger partial charge in [-0.25, -0.2) is 4.79 Å². The summed E-state index contributed by atoms with van der Waals surface area (Å²) in [7, 11) is 1.34. The van der Waals surface area contributed by atoms with Gasteiger partial charge < -0.3 is 15.4 Å². The number of Topliss-reactive ketones (excluding diaryl/α,β-unsaturated/α-hetero) is 1. The Kier molecular flexibility index (Phi) is 3.77. The quantitative estimate of drug-likeness (QED) is 0.673. The van der Waals surface area contributed by atoms with E-state index >= 15 is 0 Å². The minimum absolute atomic E-state index is 0.0817. The van der Waals surface area contributed by atoms with Crippen LogP contribution in [0.25, 0.3) is 0 Å². The second kappa shape index (κ2) is 6.34. The molecule has 0 fully saturated rings. The van der Waals surface area contributed by atoms with Crippen LogP contribution >= 0.6 is 11.8 Å². The predicted molar refractivity (Wildman–Crippen MR) is 117 cm³/mol. The number of hydrogen-bond acceptors (Lipinski definition) is 6. The summed E-state index contributed by atoms with van der Waals surface area (Å²) < 4.78 is 5.13. The van der Waals surface area contributed by atoms with Gasteiger partial charge in [0.2, 0.25) is 5.91 Å². The third kappa shape index (κ3) is 2.21. The molecule has 2 aliphatic carbocycles. The van der Waals surface area contributed by atoms with Crippen molar-refractivity contribution in [2.75, 3.05) is 17.7 Å². The summed E-state index contributed by atoms with van der Waals surface area (Å²) in [6.45, 7) is 0. The minimum atomic E-state index is -1.20. The lowest BCUT2D eigenvalue weighted by atomic mass is 9.65. The van der Waals surface area contributed by atoms with Crippen molar-refractivity contribution in [3.63, 3.8) is 0 Å². The van der Waals surface area contributed by atoms with Gasteiger partial charge in [-0.3, -0.25) is 9.59 Å². The maximum absolute atomic E-state index is 13.7. The maximum atomic E-state index is 13.7. The third-order valence-corrected chi connectivity index (χ3v) is 7.99. The smallest absolute Gasteiger partial charge is 0.339 e. The SMILES string of the molecule is COC(=O)C1=C2Nc3ccccc3S[C@H]2[C@]2(C(=O)Nc3ccccc32)C2=C1CCC2=O. The molecule has 2 aliphatic heterocycles. The highest BCUT2D eigenvalue weighted by Crippen LogP contribution is 2.61. The van der Waals surface area contributed by atoms with Crippen molar-refractivity contribution in [2.45, 2.75) is 28.4 Å². The molecule has 1 spiro atoms. The fourth-order valence-electron chi connectivity index (χ4n) is 5.35. The van der Waals surface area contributed by atoms with Crippen LogP contribution in [0.15, 0.2) is 75.8 Å². The molecule has 0 radical (unpaired) electrons. The van der Waals surface area contributed by atoms with E-state index in [1.165, 1.54) is 18.9 Å². The molecule has 0 unspecified atom stereocenters. The fraction of sp³-hybridized carbons (Fsp3) is 0.208. The molecule has 0 saturated heterocycles. The molecule has 6 nitrogen and oxygen atoms in total. The number of carbonyl (C=O) groups is 3. The lowest BCUT2D eigenvalue weighted by Gasteiger charge is -2.44. The Balaban J connectivity index is 1.72. The Labute approximate surface area is 182 Å². The highest BCUT2D eigenvalue weighted by Gasteiger charge is 2.63. The molecule has 2 aromatic rings. The van der Waals surface area contributed by atoms with Crippen molar-refractivity contribution in [2.24, 2.45) is 0 Å². The van der Waals surface area contributed by atoms with Crippen LogP contribution in [-0.2, 0) is 24.5 Å². The number of fused-ring (bicyclic) bond motifs is 6. The number of benzene rings is 2. The first-order valence-corrected chi connectivity index (χ1v) is 11.0. The number of ether oxygens (including phenoxy) is 1. The standard InChI is InChI=1S/C24H18N2O4S/c1-30-22(28)18-12-10-11-16(27)19(12)24(13-6-2-3-7-14(13)26-23(24)29)21-20(18)25-15-8-4-5-9-17(15)31-21/h2-9,21,25H,10-11H2,1H3,(H,26,29)/t21-,24-/m1/s1. The predicted octanol–water partition coefficient (Wildman–Crippen LogP) is 3.56. The average Bonchev–Trinajstić information content (AvgIpc) is 3.30. The first-order valence-electron chi connectivity index (χ1n) is 10.1. The number of para-hydroxylation sites is 2. The van der Waals surface area contributed by atoms with Crippen molar-refractivity contribution in [1.82, 2.24) is 0 Å². The number of ketones is 1. The van der Waals surface area contributed by atoms with Crippen LogP contribution in [0, 0.1) is 0 Å². The number of thioether (sulfide) groups is 1. The van der Waals surface area contributed by atoms with Crippen LogP contribution in [0.5, 0.6) is 0 Å². The molecule has 2 N–H and O–H groups in total. The summed E-state index contributed by atoms with van der Waals surface area (Å²) in [5.41, 5.74) is 3.25. The van der Waals surface area contributed by atoms with Gasteiger partial charge in [0.15, 0.2) is 5.78 Å². The van der Waals surface area contributed by atoms with E-state index in [-0.39, 0.29) is 18.1 Å². The number of anilines is 2. The molecule has 154 valence electrons. The zero-order valence-electron chi connectivity index (χ0n) is 16.7. The normalized spacial score (nSPS) is 25.5. The Bertz CT molecular complexity index is 1280. The van der Waals surface area contributed by atoms with Gasteiger partial charge in [0.1, 0.15) is 5.41 Å². The van der Waals surface area contributed by atoms with E-state index in [2.05, 4.69) is 10.6 Å². The van der Waals surface area contributed by atoms with Crippen molar-refractivity contribution >= 4 is 40.8 Å². The lowest BCUT2D eigenvalue weighted by molar-refractivity contribution is -0.136. The third-order valence-electron chi connectivity index (χ3n) is 6.55. The van der Waals surface area contributed by atoms with Crippen molar-refractivity contribution < 1.29 is 19.1 Å².